The summed E-state index contributed by atoms with van der Waals surface area (Å²) in [4.78, 5) is 4.37. The zero-order valence-electron chi connectivity index (χ0n) is 15.6. The predicted molar refractivity (Wildman–Crippen MR) is 101 cm³/mol. The molecular weight excluding hydrogens is 306 g/mol. The maximum absolute atomic E-state index is 10.3. The molecule has 7 atom stereocenters. The maximum Gasteiger partial charge on any atom is 0.0548 e. The molecule has 1 heterocycles. The van der Waals surface area contributed by atoms with E-state index in [0.717, 1.165) is 36.5 Å². The van der Waals surface area contributed by atoms with Gasteiger partial charge in [0.25, 0.3) is 0 Å². The van der Waals surface area contributed by atoms with Crippen LogP contribution in [0.1, 0.15) is 64.4 Å². The van der Waals surface area contributed by atoms with Gasteiger partial charge >= 0.3 is 0 Å². The van der Waals surface area contributed by atoms with Gasteiger partial charge in [0.15, 0.2) is 0 Å². The summed E-state index contributed by atoms with van der Waals surface area (Å²) in [7, 11) is 0. The number of hydrogen-bond acceptors (Lipinski definition) is 2. The van der Waals surface area contributed by atoms with Crippen LogP contribution in [0.25, 0.3) is 5.57 Å². The van der Waals surface area contributed by atoms with E-state index in [4.69, 9.17) is 0 Å². The lowest BCUT2D eigenvalue weighted by Crippen LogP contribution is -2.49. The predicted octanol–water partition coefficient (Wildman–Crippen LogP) is 5.09. The van der Waals surface area contributed by atoms with E-state index >= 15 is 0 Å². The number of aliphatic hydroxyl groups excluding tert-OH is 1. The van der Waals surface area contributed by atoms with Gasteiger partial charge in [-0.1, -0.05) is 26.0 Å². The van der Waals surface area contributed by atoms with Crippen LogP contribution in [0.2, 0.25) is 0 Å². The van der Waals surface area contributed by atoms with Gasteiger partial charge < -0.3 is 5.11 Å². The summed E-state index contributed by atoms with van der Waals surface area (Å²) in [5.74, 6) is 3.22. The van der Waals surface area contributed by atoms with Gasteiger partial charge in [0.2, 0.25) is 0 Å². The first kappa shape index (κ1) is 16.1. The Labute approximate surface area is 151 Å². The van der Waals surface area contributed by atoms with E-state index in [0.29, 0.717) is 10.8 Å². The molecular formula is C23H31NO. The van der Waals surface area contributed by atoms with Crippen LogP contribution in [0.5, 0.6) is 0 Å². The first-order valence-corrected chi connectivity index (χ1v) is 10.3. The van der Waals surface area contributed by atoms with Crippen molar-refractivity contribution in [3.8, 4) is 0 Å². The van der Waals surface area contributed by atoms with Crippen LogP contribution in [0, 0.1) is 34.5 Å². The number of rotatable bonds is 1. The van der Waals surface area contributed by atoms with Gasteiger partial charge in [-0.15, -0.1) is 0 Å². The Bertz CT molecular complexity index is 697. The van der Waals surface area contributed by atoms with E-state index in [2.05, 4.69) is 43.2 Å². The fourth-order valence-corrected chi connectivity index (χ4v) is 7.70. The average Bonchev–Trinajstić information content (AvgIpc) is 3.10. The third-order valence-corrected chi connectivity index (χ3v) is 8.85. The molecule has 4 aliphatic rings. The molecule has 3 saturated carbocycles. The van der Waals surface area contributed by atoms with E-state index in [-0.39, 0.29) is 6.10 Å². The molecule has 1 N–H and O–H groups in total. The number of pyridine rings is 1. The molecule has 4 aliphatic carbocycles. The summed E-state index contributed by atoms with van der Waals surface area (Å²) >= 11 is 0. The first-order chi connectivity index (χ1) is 12.0. The van der Waals surface area contributed by atoms with Crippen LogP contribution in [0.15, 0.2) is 30.6 Å². The van der Waals surface area contributed by atoms with Crippen LogP contribution in [-0.2, 0) is 0 Å². The molecule has 0 aliphatic heterocycles. The Morgan fingerprint density at radius 1 is 1.16 bits per heavy atom. The van der Waals surface area contributed by atoms with E-state index in [9.17, 15) is 5.11 Å². The smallest absolute Gasteiger partial charge is 0.0548 e. The molecule has 0 amide bonds. The Kier molecular flexibility index (Phi) is 3.48. The highest BCUT2D eigenvalue weighted by atomic mass is 16.3. The number of aliphatic hydroxyl groups is 1. The van der Waals surface area contributed by atoms with Gasteiger partial charge in [-0.25, -0.2) is 0 Å². The summed E-state index contributed by atoms with van der Waals surface area (Å²) in [6.45, 7) is 5.04. The van der Waals surface area contributed by atoms with Crippen LogP contribution >= 0.6 is 0 Å². The molecule has 1 aromatic rings. The highest BCUT2D eigenvalue weighted by Gasteiger charge is 2.59. The number of hydrogen-bond donors (Lipinski definition) is 1. The second-order valence-electron chi connectivity index (χ2n) is 9.80. The van der Waals surface area contributed by atoms with Gasteiger partial charge in [0.1, 0.15) is 0 Å². The van der Waals surface area contributed by atoms with Crippen molar-refractivity contribution in [3.05, 3.63) is 36.2 Å². The van der Waals surface area contributed by atoms with Crippen molar-refractivity contribution in [2.75, 3.05) is 0 Å². The summed E-state index contributed by atoms with van der Waals surface area (Å²) in [5, 5.41) is 10.3. The normalized spacial score (nSPS) is 48.4. The van der Waals surface area contributed by atoms with Crippen molar-refractivity contribution < 1.29 is 5.11 Å². The average molecular weight is 338 g/mol. The Balaban J connectivity index is 1.46. The maximum atomic E-state index is 10.3. The molecule has 7 unspecified atom stereocenters. The monoisotopic (exact) mass is 337 g/mol. The summed E-state index contributed by atoms with van der Waals surface area (Å²) < 4.78 is 0. The SMILES string of the molecule is CC12CCC3C(CCC4CC(O)CC43C)C1CC=C2c1cccnc1. The molecule has 0 bridgehead atoms. The minimum Gasteiger partial charge on any atom is -0.393 e. The van der Waals surface area contributed by atoms with E-state index < -0.39 is 0 Å². The minimum absolute atomic E-state index is 0.0466. The molecule has 2 nitrogen and oxygen atoms in total. The molecule has 2 heteroatoms. The quantitative estimate of drug-likeness (QED) is 0.774. The third kappa shape index (κ3) is 2.16. The van der Waals surface area contributed by atoms with E-state index in [1.54, 1.807) is 5.57 Å². The van der Waals surface area contributed by atoms with Crippen molar-refractivity contribution in [2.45, 2.75) is 64.9 Å². The number of fused-ring (bicyclic) bond motifs is 5. The number of nitrogens with zero attached hydrogens (tertiary/aromatic N) is 1. The van der Waals surface area contributed by atoms with Crippen LogP contribution in [0.3, 0.4) is 0 Å². The molecule has 3 fully saturated rings. The van der Waals surface area contributed by atoms with Crippen molar-refractivity contribution in [1.82, 2.24) is 4.98 Å². The standard InChI is InChI=1S/C23H31NO/c1-22-10-9-21-18(6-5-16-12-17(25)13-23(16,21)2)20(22)8-7-19(22)15-4-3-11-24-14-15/h3-4,7,11,14,16-18,20-21,25H,5-6,8-10,12-13H2,1-2H3. The molecule has 25 heavy (non-hydrogen) atoms. The lowest BCUT2D eigenvalue weighted by Gasteiger charge is -2.57. The highest BCUT2D eigenvalue weighted by molar-refractivity contribution is 5.72. The second kappa shape index (κ2) is 5.42. The van der Waals surface area contributed by atoms with Gasteiger partial charge in [-0.3, -0.25) is 4.98 Å². The zero-order chi connectivity index (χ0) is 17.2. The zero-order valence-corrected chi connectivity index (χ0v) is 15.6. The van der Waals surface area contributed by atoms with Crippen LogP contribution in [-0.4, -0.2) is 16.2 Å². The fourth-order valence-electron chi connectivity index (χ4n) is 7.70. The topological polar surface area (TPSA) is 33.1 Å². The van der Waals surface area contributed by atoms with Gasteiger partial charge in [0.05, 0.1) is 6.10 Å². The third-order valence-electron chi connectivity index (χ3n) is 8.85. The Morgan fingerprint density at radius 3 is 2.84 bits per heavy atom. The molecule has 0 spiro atoms. The Morgan fingerprint density at radius 2 is 2.04 bits per heavy atom. The summed E-state index contributed by atoms with van der Waals surface area (Å²) in [5.41, 5.74) is 3.61. The molecule has 5 rings (SSSR count). The van der Waals surface area contributed by atoms with Crippen molar-refractivity contribution in [1.29, 1.82) is 0 Å². The van der Waals surface area contributed by atoms with Gasteiger partial charge in [-0.05, 0) is 96.7 Å². The molecule has 1 aromatic heterocycles. The lowest BCUT2D eigenvalue weighted by atomic mass is 9.47. The molecule has 0 saturated heterocycles. The Hall–Kier alpha value is -1.15. The molecule has 134 valence electrons. The number of allylic oxidation sites excluding steroid dienone is 2. The second-order valence-corrected chi connectivity index (χ2v) is 9.80. The largest absolute Gasteiger partial charge is 0.393 e. The summed E-state index contributed by atoms with van der Waals surface area (Å²) in [6.07, 6.45) is 15.1. The fraction of sp³-hybridized carbons (Fsp3) is 0.696. The van der Waals surface area contributed by atoms with Crippen LogP contribution in [0.4, 0.5) is 0 Å². The van der Waals surface area contributed by atoms with Gasteiger partial charge in [0, 0.05) is 12.4 Å². The van der Waals surface area contributed by atoms with E-state index in [1.165, 1.54) is 37.7 Å². The van der Waals surface area contributed by atoms with Gasteiger partial charge in [-0.2, -0.15) is 0 Å². The van der Waals surface area contributed by atoms with Crippen molar-refractivity contribution in [3.63, 3.8) is 0 Å². The first-order valence-electron chi connectivity index (χ1n) is 10.3. The minimum atomic E-state index is -0.0466. The van der Waals surface area contributed by atoms with Crippen molar-refractivity contribution >= 4 is 5.57 Å². The summed E-state index contributed by atoms with van der Waals surface area (Å²) in [6, 6.07) is 4.31. The van der Waals surface area contributed by atoms with Crippen LogP contribution < -0.4 is 0 Å². The lowest BCUT2D eigenvalue weighted by molar-refractivity contribution is -0.0657. The molecule has 0 radical (unpaired) electrons. The van der Waals surface area contributed by atoms with Crippen molar-refractivity contribution in [2.24, 2.45) is 34.5 Å². The highest BCUT2D eigenvalue weighted by Crippen LogP contribution is 2.68. The van der Waals surface area contributed by atoms with E-state index in [1.807, 2.05) is 6.20 Å². The molecule has 0 aromatic carbocycles. The number of aromatic nitrogens is 1.